The fraction of sp³-hybridized carbons (Fsp3) is 0.400. The molecule has 0 aliphatic heterocycles. The van der Waals surface area contributed by atoms with Gasteiger partial charge in [0.25, 0.3) is 5.91 Å². The summed E-state index contributed by atoms with van der Waals surface area (Å²) in [5.74, 6) is -0.254. The molecule has 0 aliphatic carbocycles. The Labute approximate surface area is 98.9 Å². The second kappa shape index (κ2) is 5.78. The summed E-state index contributed by atoms with van der Waals surface area (Å²) in [4.78, 5) is 13.6. The topological polar surface area (TPSA) is 105 Å². The van der Waals surface area contributed by atoms with E-state index in [4.69, 9.17) is 10.9 Å². The maximum absolute atomic E-state index is 12.1. The van der Waals surface area contributed by atoms with Crippen molar-refractivity contribution < 1.29 is 10.0 Å². The Kier molecular flexibility index (Phi) is 4.38. The van der Waals surface area contributed by atoms with Gasteiger partial charge in [0, 0.05) is 6.04 Å². The van der Waals surface area contributed by atoms with Crippen molar-refractivity contribution in [1.29, 1.82) is 0 Å². The molecule has 0 atom stereocenters. The average molecular weight is 237 g/mol. The molecular weight excluding hydrogens is 222 g/mol. The normalized spacial score (nSPS) is 11.6. The first-order chi connectivity index (χ1) is 8.06. The van der Waals surface area contributed by atoms with Crippen LogP contribution >= 0.6 is 0 Å². The summed E-state index contributed by atoms with van der Waals surface area (Å²) in [5.41, 5.74) is 5.82. The van der Waals surface area contributed by atoms with Crippen LogP contribution in [-0.2, 0) is 0 Å². The van der Waals surface area contributed by atoms with Crippen molar-refractivity contribution in [2.24, 2.45) is 10.9 Å². The van der Waals surface area contributed by atoms with Crippen LogP contribution in [0.2, 0.25) is 0 Å². The number of nitrogens with zero attached hydrogens (tertiary/aromatic N) is 4. The summed E-state index contributed by atoms with van der Waals surface area (Å²) in [6.07, 6.45) is 2.82. The lowest BCUT2D eigenvalue weighted by molar-refractivity contribution is 0.0733. The predicted octanol–water partition coefficient (Wildman–Crippen LogP) is 0.0736. The molecule has 7 nitrogen and oxygen atoms in total. The van der Waals surface area contributed by atoms with Gasteiger partial charge in [-0.05, 0) is 19.9 Å². The van der Waals surface area contributed by atoms with Gasteiger partial charge < -0.3 is 15.8 Å². The van der Waals surface area contributed by atoms with E-state index in [1.165, 1.54) is 17.3 Å². The van der Waals surface area contributed by atoms with Gasteiger partial charge in [-0.2, -0.15) is 10.2 Å². The molecule has 1 aromatic rings. The molecule has 0 aliphatic rings. The van der Waals surface area contributed by atoms with E-state index < -0.39 is 0 Å². The van der Waals surface area contributed by atoms with Gasteiger partial charge in [0.2, 0.25) is 0 Å². The lowest BCUT2D eigenvalue weighted by atomic mass is 10.2. The molecule has 0 radical (unpaired) electrons. The van der Waals surface area contributed by atoms with Crippen LogP contribution in [0, 0.1) is 0 Å². The fourth-order valence-electron chi connectivity index (χ4n) is 1.28. The molecule has 0 aromatic carbocycles. The monoisotopic (exact) mass is 237 g/mol. The smallest absolute Gasteiger partial charge is 0.256 e. The van der Waals surface area contributed by atoms with Gasteiger partial charge in [0.15, 0.2) is 5.84 Å². The van der Waals surface area contributed by atoms with E-state index in [9.17, 15) is 4.79 Å². The molecule has 1 heterocycles. The molecule has 17 heavy (non-hydrogen) atoms. The van der Waals surface area contributed by atoms with Gasteiger partial charge in [0.1, 0.15) is 0 Å². The van der Waals surface area contributed by atoms with E-state index in [0.717, 1.165) is 0 Å². The average Bonchev–Trinajstić information content (AvgIpc) is 2.35. The molecule has 0 saturated carbocycles. The number of aromatic nitrogens is 2. The van der Waals surface area contributed by atoms with Crippen LogP contribution in [0.5, 0.6) is 0 Å². The van der Waals surface area contributed by atoms with Gasteiger partial charge in [-0.3, -0.25) is 4.79 Å². The lowest BCUT2D eigenvalue weighted by Gasteiger charge is -2.25. The van der Waals surface area contributed by atoms with Crippen molar-refractivity contribution in [3.8, 4) is 0 Å². The number of carbonyl (C=O) groups is 1. The second-order valence-electron chi connectivity index (χ2n) is 3.75. The van der Waals surface area contributed by atoms with Gasteiger partial charge >= 0.3 is 0 Å². The molecule has 1 rings (SSSR count). The summed E-state index contributed by atoms with van der Waals surface area (Å²) < 4.78 is 0. The van der Waals surface area contributed by atoms with Crippen molar-refractivity contribution in [1.82, 2.24) is 15.1 Å². The first kappa shape index (κ1) is 12.9. The van der Waals surface area contributed by atoms with E-state index in [1.54, 1.807) is 6.07 Å². The van der Waals surface area contributed by atoms with E-state index in [1.807, 2.05) is 13.8 Å². The molecule has 0 unspecified atom stereocenters. The Morgan fingerprint density at radius 2 is 2.29 bits per heavy atom. The summed E-state index contributed by atoms with van der Waals surface area (Å²) in [6.45, 7) is 3.75. The number of rotatable bonds is 4. The zero-order valence-electron chi connectivity index (χ0n) is 9.74. The van der Waals surface area contributed by atoms with Gasteiger partial charge in [-0.25, -0.2) is 0 Å². The third-order valence-electron chi connectivity index (χ3n) is 2.18. The molecule has 1 aromatic heterocycles. The van der Waals surface area contributed by atoms with Crippen LogP contribution < -0.4 is 5.73 Å². The third-order valence-corrected chi connectivity index (χ3v) is 2.18. The highest BCUT2D eigenvalue weighted by Crippen LogP contribution is 2.06. The molecule has 1 amide bonds. The zero-order chi connectivity index (χ0) is 12.8. The number of nitrogens with two attached hydrogens (primary N) is 1. The van der Waals surface area contributed by atoms with Crippen molar-refractivity contribution in [3.05, 3.63) is 24.0 Å². The van der Waals surface area contributed by atoms with E-state index in [-0.39, 0.29) is 24.3 Å². The van der Waals surface area contributed by atoms with Gasteiger partial charge in [-0.15, -0.1) is 0 Å². The van der Waals surface area contributed by atoms with E-state index >= 15 is 0 Å². The number of hydrogen-bond acceptors (Lipinski definition) is 5. The summed E-state index contributed by atoms with van der Waals surface area (Å²) in [7, 11) is 0. The molecule has 7 heteroatoms. The van der Waals surface area contributed by atoms with Crippen LogP contribution in [0.4, 0.5) is 0 Å². The summed E-state index contributed by atoms with van der Waals surface area (Å²) >= 11 is 0. The quantitative estimate of drug-likeness (QED) is 0.334. The predicted molar refractivity (Wildman–Crippen MR) is 61.6 cm³/mol. The van der Waals surface area contributed by atoms with Crippen LogP contribution in [0.15, 0.2) is 23.6 Å². The third kappa shape index (κ3) is 3.40. The minimum absolute atomic E-state index is 0.0194. The molecule has 0 bridgehead atoms. The Morgan fingerprint density at radius 1 is 1.59 bits per heavy atom. The Balaban J connectivity index is 2.89. The van der Waals surface area contributed by atoms with Crippen molar-refractivity contribution in [3.63, 3.8) is 0 Å². The highest BCUT2D eigenvalue weighted by molar-refractivity contribution is 5.96. The first-order valence-electron chi connectivity index (χ1n) is 5.10. The molecule has 0 saturated heterocycles. The molecule has 92 valence electrons. The highest BCUT2D eigenvalue weighted by Gasteiger charge is 2.20. The fourth-order valence-corrected chi connectivity index (χ4v) is 1.28. The summed E-state index contributed by atoms with van der Waals surface area (Å²) in [6, 6.07) is 1.49. The van der Waals surface area contributed by atoms with Crippen molar-refractivity contribution in [2.75, 3.05) is 6.54 Å². The van der Waals surface area contributed by atoms with Crippen LogP contribution in [-0.4, -0.2) is 44.6 Å². The standard InChI is InChI=1S/C10H15N5O2/c1-7(2)15(6-9(11)14-17)10(16)8-3-4-12-13-5-8/h3-5,7,17H,6H2,1-2H3,(H2,11,14). The number of amidine groups is 1. The molecular formula is C10H15N5O2. The number of oxime groups is 1. The SMILES string of the molecule is CC(C)N(C/C(N)=N/O)C(=O)c1ccnnc1. The minimum atomic E-state index is -0.235. The number of amides is 1. The van der Waals surface area contributed by atoms with Crippen LogP contribution in [0.3, 0.4) is 0 Å². The maximum Gasteiger partial charge on any atom is 0.256 e. The van der Waals surface area contributed by atoms with E-state index in [0.29, 0.717) is 5.56 Å². The van der Waals surface area contributed by atoms with Gasteiger partial charge in [-0.1, -0.05) is 5.16 Å². The minimum Gasteiger partial charge on any atom is -0.409 e. The Bertz CT molecular complexity index is 404. The zero-order valence-corrected chi connectivity index (χ0v) is 9.74. The van der Waals surface area contributed by atoms with E-state index in [2.05, 4.69) is 15.4 Å². The highest BCUT2D eigenvalue weighted by atomic mass is 16.4. The second-order valence-corrected chi connectivity index (χ2v) is 3.75. The molecule has 3 N–H and O–H groups in total. The van der Waals surface area contributed by atoms with Crippen LogP contribution in [0.25, 0.3) is 0 Å². The van der Waals surface area contributed by atoms with Crippen LogP contribution in [0.1, 0.15) is 24.2 Å². The first-order valence-corrected chi connectivity index (χ1v) is 5.10. The van der Waals surface area contributed by atoms with Crippen molar-refractivity contribution >= 4 is 11.7 Å². The van der Waals surface area contributed by atoms with Gasteiger partial charge in [0.05, 0.1) is 24.5 Å². The largest absolute Gasteiger partial charge is 0.409 e. The Hall–Kier alpha value is -2.18. The maximum atomic E-state index is 12.1. The molecule has 0 fully saturated rings. The number of carbonyl (C=O) groups excluding carboxylic acids is 1. The lowest BCUT2D eigenvalue weighted by Crippen LogP contribution is -2.42. The number of hydrogen-bond donors (Lipinski definition) is 2. The summed E-state index contributed by atoms with van der Waals surface area (Å²) in [5, 5.41) is 18.6. The Morgan fingerprint density at radius 3 is 2.76 bits per heavy atom. The molecule has 0 spiro atoms. The van der Waals surface area contributed by atoms with Crippen molar-refractivity contribution in [2.45, 2.75) is 19.9 Å².